The lowest BCUT2D eigenvalue weighted by atomic mass is 10.4. The average molecular weight is 243 g/mol. The van der Waals surface area contributed by atoms with E-state index in [0.717, 1.165) is 22.8 Å². The SMILES string of the molecule is Cc1nc(Cn2cc(CCCl)nn2)cs1. The van der Waals surface area contributed by atoms with Gasteiger partial charge >= 0.3 is 0 Å². The molecule has 2 heterocycles. The molecule has 0 aliphatic carbocycles. The third-order valence-electron chi connectivity index (χ3n) is 1.93. The molecule has 2 aromatic heterocycles. The first-order valence-corrected chi connectivity index (χ1v) is 6.05. The second-order valence-electron chi connectivity index (χ2n) is 3.20. The number of nitrogens with zero attached hydrogens (tertiary/aromatic N) is 4. The molecule has 0 radical (unpaired) electrons. The molecule has 80 valence electrons. The first-order chi connectivity index (χ1) is 7.28. The van der Waals surface area contributed by atoms with Crippen LogP contribution < -0.4 is 0 Å². The maximum Gasteiger partial charge on any atom is 0.0898 e. The van der Waals surface area contributed by atoms with Crippen LogP contribution in [0.3, 0.4) is 0 Å². The molecule has 0 aliphatic heterocycles. The van der Waals surface area contributed by atoms with Crippen molar-refractivity contribution >= 4 is 22.9 Å². The molecule has 0 fully saturated rings. The van der Waals surface area contributed by atoms with Crippen molar-refractivity contribution in [3.8, 4) is 0 Å². The Kier molecular flexibility index (Phi) is 3.33. The van der Waals surface area contributed by atoms with Gasteiger partial charge in [-0.1, -0.05) is 5.21 Å². The summed E-state index contributed by atoms with van der Waals surface area (Å²) in [6.45, 7) is 2.67. The molecule has 0 aliphatic rings. The largest absolute Gasteiger partial charge is 0.246 e. The normalized spacial score (nSPS) is 10.8. The highest BCUT2D eigenvalue weighted by Crippen LogP contribution is 2.09. The number of rotatable bonds is 4. The van der Waals surface area contributed by atoms with Gasteiger partial charge in [-0.25, -0.2) is 9.67 Å². The van der Waals surface area contributed by atoms with Crippen molar-refractivity contribution in [3.05, 3.63) is 28.0 Å². The topological polar surface area (TPSA) is 43.6 Å². The van der Waals surface area contributed by atoms with Crippen molar-refractivity contribution in [2.45, 2.75) is 19.9 Å². The third kappa shape index (κ3) is 2.76. The first kappa shape index (κ1) is 10.6. The van der Waals surface area contributed by atoms with Crippen LogP contribution in [0.2, 0.25) is 0 Å². The molecule has 2 aromatic rings. The lowest BCUT2D eigenvalue weighted by Gasteiger charge is -1.94. The van der Waals surface area contributed by atoms with E-state index < -0.39 is 0 Å². The molecule has 0 bridgehead atoms. The first-order valence-electron chi connectivity index (χ1n) is 4.64. The van der Waals surface area contributed by atoms with E-state index in [1.54, 1.807) is 16.0 Å². The fourth-order valence-electron chi connectivity index (χ4n) is 1.27. The Hall–Kier alpha value is -0.940. The standard InChI is InChI=1S/C9H11ClN4S/c1-7-11-9(6-15-7)5-14-4-8(2-3-10)12-13-14/h4,6H,2-3,5H2,1H3. The summed E-state index contributed by atoms with van der Waals surface area (Å²) in [6, 6.07) is 0. The highest BCUT2D eigenvalue weighted by Gasteiger charge is 2.03. The van der Waals surface area contributed by atoms with Crippen LogP contribution in [0.25, 0.3) is 0 Å². The van der Waals surface area contributed by atoms with E-state index >= 15 is 0 Å². The lowest BCUT2D eigenvalue weighted by molar-refractivity contribution is 0.640. The number of thiazole rings is 1. The second-order valence-corrected chi connectivity index (χ2v) is 4.64. The van der Waals surface area contributed by atoms with Gasteiger partial charge in [0.1, 0.15) is 0 Å². The van der Waals surface area contributed by atoms with Gasteiger partial charge in [0.05, 0.1) is 22.9 Å². The predicted octanol–water partition coefficient (Wildman–Crippen LogP) is 1.87. The molecule has 0 N–H and O–H groups in total. The van der Waals surface area contributed by atoms with Crippen LogP contribution in [0, 0.1) is 6.92 Å². The van der Waals surface area contributed by atoms with Crippen molar-refractivity contribution in [3.63, 3.8) is 0 Å². The van der Waals surface area contributed by atoms with E-state index in [2.05, 4.69) is 15.3 Å². The molecule has 0 amide bonds. The summed E-state index contributed by atoms with van der Waals surface area (Å²) >= 11 is 7.27. The van der Waals surface area contributed by atoms with Gasteiger partial charge in [0.15, 0.2) is 0 Å². The number of aryl methyl sites for hydroxylation is 2. The molecule has 0 saturated carbocycles. The summed E-state index contributed by atoms with van der Waals surface area (Å²) < 4.78 is 1.79. The Labute approximate surface area is 96.9 Å². The van der Waals surface area contributed by atoms with Gasteiger partial charge in [-0.2, -0.15) is 0 Å². The maximum absolute atomic E-state index is 5.62. The summed E-state index contributed by atoms with van der Waals surface area (Å²) in [5.74, 6) is 0.578. The van der Waals surface area contributed by atoms with E-state index in [4.69, 9.17) is 11.6 Å². The molecule has 0 atom stereocenters. The smallest absolute Gasteiger partial charge is 0.0898 e. The van der Waals surface area contributed by atoms with Crippen LogP contribution in [0.4, 0.5) is 0 Å². The van der Waals surface area contributed by atoms with Crippen LogP contribution in [0.5, 0.6) is 0 Å². The molecule has 0 saturated heterocycles. The quantitative estimate of drug-likeness (QED) is 0.769. The fraction of sp³-hybridized carbons (Fsp3) is 0.444. The summed E-state index contributed by atoms with van der Waals surface area (Å²) in [4.78, 5) is 4.37. The predicted molar refractivity (Wildman–Crippen MR) is 60.4 cm³/mol. The van der Waals surface area contributed by atoms with Crippen molar-refractivity contribution < 1.29 is 0 Å². The molecule has 0 unspecified atom stereocenters. The Morgan fingerprint density at radius 1 is 1.47 bits per heavy atom. The van der Waals surface area contributed by atoms with E-state index in [-0.39, 0.29) is 0 Å². The van der Waals surface area contributed by atoms with Crippen LogP contribution >= 0.6 is 22.9 Å². The zero-order valence-corrected chi connectivity index (χ0v) is 9.92. The van der Waals surface area contributed by atoms with E-state index in [1.807, 2.05) is 18.5 Å². The van der Waals surface area contributed by atoms with Gasteiger partial charge in [-0.3, -0.25) is 0 Å². The summed E-state index contributed by atoms with van der Waals surface area (Å²) in [5, 5.41) is 11.1. The number of hydrogen-bond acceptors (Lipinski definition) is 4. The minimum absolute atomic E-state index is 0.578. The average Bonchev–Trinajstić information content (AvgIpc) is 2.78. The maximum atomic E-state index is 5.62. The molecule has 4 nitrogen and oxygen atoms in total. The summed E-state index contributed by atoms with van der Waals surface area (Å²) in [6.07, 6.45) is 2.68. The molecular formula is C9H11ClN4S. The molecular weight excluding hydrogens is 232 g/mol. The van der Waals surface area contributed by atoms with Gasteiger partial charge < -0.3 is 0 Å². The number of halogens is 1. The Morgan fingerprint density at radius 3 is 3.00 bits per heavy atom. The van der Waals surface area contributed by atoms with Gasteiger partial charge in [0.25, 0.3) is 0 Å². The minimum atomic E-state index is 0.578. The molecule has 0 spiro atoms. The molecule has 2 rings (SSSR count). The van der Waals surface area contributed by atoms with Crippen LogP contribution in [0.15, 0.2) is 11.6 Å². The van der Waals surface area contributed by atoms with Crippen molar-refractivity contribution in [1.82, 2.24) is 20.0 Å². The summed E-state index contributed by atoms with van der Waals surface area (Å²) in [5.41, 5.74) is 1.96. The molecule has 6 heteroatoms. The zero-order chi connectivity index (χ0) is 10.7. The summed E-state index contributed by atoms with van der Waals surface area (Å²) in [7, 11) is 0. The van der Waals surface area contributed by atoms with Crippen LogP contribution in [0.1, 0.15) is 16.4 Å². The van der Waals surface area contributed by atoms with Gasteiger partial charge in [0, 0.05) is 23.9 Å². The molecule has 0 aromatic carbocycles. The van der Waals surface area contributed by atoms with Crippen LogP contribution in [-0.2, 0) is 13.0 Å². The Morgan fingerprint density at radius 2 is 2.33 bits per heavy atom. The second kappa shape index (κ2) is 4.72. The van der Waals surface area contributed by atoms with Crippen molar-refractivity contribution in [2.75, 3.05) is 5.88 Å². The third-order valence-corrected chi connectivity index (χ3v) is 2.94. The monoisotopic (exact) mass is 242 g/mol. The van der Waals surface area contributed by atoms with E-state index in [0.29, 0.717) is 12.4 Å². The molecule has 15 heavy (non-hydrogen) atoms. The number of hydrogen-bond donors (Lipinski definition) is 0. The lowest BCUT2D eigenvalue weighted by Crippen LogP contribution is -2.00. The highest BCUT2D eigenvalue weighted by atomic mass is 35.5. The van der Waals surface area contributed by atoms with Gasteiger partial charge in [-0.05, 0) is 6.92 Å². The Bertz CT molecular complexity index is 437. The van der Waals surface area contributed by atoms with E-state index in [9.17, 15) is 0 Å². The fourth-order valence-corrected chi connectivity index (χ4v) is 2.07. The van der Waals surface area contributed by atoms with Gasteiger partial charge in [0.2, 0.25) is 0 Å². The zero-order valence-electron chi connectivity index (χ0n) is 8.35. The Balaban J connectivity index is 2.04. The van der Waals surface area contributed by atoms with Gasteiger partial charge in [-0.15, -0.1) is 28.0 Å². The highest BCUT2D eigenvalue weighted by molar-refractivity contribution is 7.09. The van der Waals surface area contributed by atoms with E-state index in [1.165, 1.54) is 0 Å². The van der Waals surface area contributed by atoms with Crippen molar-refractivity contribution in [1.29, 1.82) is 0 Å². The number of aromatic nitrogens is 4. The van der Waals surface area contributed by atoms with Crippen LogP contribution in [-0.4, -0.2) is 25.9 Å². The van der Waals surface area contributed by atoms with Crippen molar-refractivity contribution in [2.24, 2.45) is 0 Å². The number of alkyl halides is 1. The minimum Gasteiger partial charge on any atom is -0.246 e.